The van der Waals surface area contributed by atoms with E-state index in [0.717, 1.165) is 51.9 Å². The molecular weight excluding hydrogens is 370 g/mol. The summed E-state index contributed by atoms with van der Waals surface area (Å²) in [4.78, 5) is 26.1. The SMILES string of the molecule is CCCN(CC1CCN(C(=O)c2ccc[nH]2)CC1)[C@H]1CCc2nc(N)sc2C1. The molecule has 0 unspecified atom stereocenters. The molecule has 1 aliphatic carbocycles. The Balaban J connectivity index is 1.32. The number of carbonyl (C=O) groups is 1. The number of nitrogens with one attached hydrogen (secondary N) is 1. The number of amides is 1. The number of H-pyrrole nitrogens is 1. The van der Waals surface area contributed by atoms with Crippen molar-refractivity contribution in [3.63, 3.8) is 0 Å². The number of anilines is 1. The molecule has 0 bridgehead atoms. The summed E-state index contributed by atoms with van der Waals surface area (Å²) < 4.78 is 0. The Hall–Kier alpha value is -1.86. The zero-order valence-corrected chi connectivity index (χ0v) is 17.5. The average Bonchev–Trinajstić information content (AvgIpc) is 3.36. The number of likely N-dealkylation sites (tertiary alicyclic amines) is 1. The molecule has 1 amide bonds. The number of aryl methyl sites for hydroxylation is 1. The van der Waals surface area contributed by atoms with Crippen LogP contribution in [0.1, 0.15) is 53.7 Å². The van der Waals surface area contributed by atoms with Gasteiger partial charge in [-0.2, -0.15) is 0 Å². The summed E-state index contributed by atoms with van der Waals surface area (Å²) in [6.07, 6.45) is 8.51. The molecule has 152 valence electrons. The second-order valence-electron chi connectivity index (χ2n) is 8.13. The second-order valence-corrected chi connectivity index (χ2v) is 9.25. The van der Waals surface area contributed by atoms with Gasteiger partial charge in [-0.15, -0.1) is 11.3 Å². The number of nitrogen functional groups attached to an aromatic ring is 1. The lowest BCUT2D eigenvalue weighted by molar-refractivity contribution is 0.0637. The van der Waals surface area contributed by atoms with Crippen LogP contribution < -0.4 is 5.73 Å². The fourth-order valence-corrected chi connectivity index (χ4v) is 5.63. The lowest BCUT2D eigenvalue weighted by Crippen LogP contribution is -2.45. The number of piperidine rings is 1. The molecule has 0 aromatic carbocycles. The Kier molecular flexibility index (Phi) is 6.01. The van der Waals surface area contributed by atoms with Gasteiger partial charge in [0.1, 0.15) is 5.69 Å². The molecule has 28 heavy (non-hydrogen) atoms. The largest absolute Gasteiger partial charge is 0.375 e. The monoisotopic (exact) mass is 401 g/mol. The van der Waals surface area contributed by atoms with Crippen LogP contribution in [0.25, 0.3) is 0 Å². The highest BCUT2D eigenvalue weighted by atomic mass is 32.1. The van der Waals surface area contributed by atoms with E-state index in [4.69, 9.17) is 5.73 Å². The van der Waals surface area contributed by atoms with Crippen LogP contribution in [0.15, 0.2) is 18.3 Å². The first-order chi connectivity index (χ1) is 13.6. The minimum atomic E-state index is 0.136. The van der Waals surface area contributed by atoms with E-state index >= 15 is 0 Å². The van der Waals surface area contributed by atoms with Crippen LogP contribution in [-0.2, 0) is 12.8 Å². The predicted octanol–water partition coefficient (Wildman–Crippen LogP) is 3.18. The van der Waals surface area contributed by atoms with E-state index in [1.807, 2.05) is 23.2 Å². The van der Waals surface area contributed by atoms with Gasteiger partial charge in [-0.05, 0) is 63.1 Å². The van der Waals surface area contributed by atoms with Crippen molar-refractivity contribution in [1.29, 1.82) is 0 Å². The van der Waals surface area contributed by atoms with Crippen molar-refractivity contribution in [2.75, 3.05) is 31.9 Å². The van der Waals surface area contributed by atoms with Crippen LogP contribution >= 0.6 is 11.3 Å². The smallest absolute Gasteiger partial charge is 0.270 e. The maximum absolute atomic E-state index is 12.5. The lowest BCUT2D eigenvalue weighted by atomic mass is 9.92. The summed E-state index contributed by atoms with van der Waals surface area (Å²) in [7, 11) is 0. The first-order valence-corrected chi connectivity index (χ1v) is 11.4. The van der Waals surface area contributed by atoms with Gasteiger partial charge in [-0.3, -0.25) is 9.69 Å². The number of nitrogens with two attached hydrogens (primary N) is 1. The van der Waals surface area contributed by atoms with Crippen molar-refractivity contribution >= 4 is 22.4 Å². The molecule has 3 heterocycles. The minimum absolute atomic E-state index is 0.136. The number of hydrogen-bond donors (Lipinski definition) is 2. The first kappa shape index (κ1) is 19.5. The zero-order chi connectivity index (χ0) is 19.5. The number of nitrogens with zero attached hydrogens (tertiary/aromatic N) is 3. The molecule has 1 aliphatic heterocycles. The summed E-state index contributed by atoms with van der Waals surface area (Å²) in [6, 6.07) is 4.35. The summed E-state index contributed by atoms with van der Waals surface area (Å²) in [5.41, 5.74) is 7.85. The number of aromatic nitrogens is 2. The highest BCUT2D eigenvalue weighted by Crippen LogP contribution is 2.31. The fraction of sp³-hybridized carbons (Fsp3) is 0.619. The van der Waals surface area contributed by atoms with E-state index in [0.29, 0.717) is 22.8 Å². The summed E-state index contributed by atoms with van der Waals surface area (Å²) >= 11 is 1.67. The standard InChI is InChI=1S/C21H31N5OS/c1-2-10-26(16-5-6-17-19(13-16)28-21(22)24-17)14-15-7-11-25(12-8-15)20(27)18-4-3-9-23-18/h3-4,9,15-16,23H,2,5-8,10-14H2,1H3,(H2,22,24)/t16-/m0/s1. The van der Waals surface area contributed by atoms with Gasteiger partial charge in [0.2, 0.25) is 0 Å². The second kappa shape index (κ2) is 8.66. The van der Waals surface area contributed by atoms with Gasteiger partial charge in [-0.1, -0.05) is 6.92 Å². The van der Waals surface area contributed by atoms with E-state index in [1.54, 1.807) is 11.3 Å². The Bertz CT molecular complexity index is 779. The molecular formula is C21H31N5OS. The van der Waals surface area contributed by atoms with Crippen molar-refractivity contribution in [2.45, 2.75) is 51.5 Å². The summed E-state index contributed by atoms with van der Waals surface area (Å²) in [5.74, 6) is 0.809. The van der Waals surface area contributed by atoms with Gasteiger partial charge < -0.3 is 15.6 Å². The molecule has 1 saturated heterocycles. The zero-order valence-electron chi connectivity index (χ0n) is 16.7. The highest BCUT2D eigenvalue weighted by Gasteiger charge is 2.30. The number of carbonyl (C=O) groups excluding carboxylic acids is 1. The average molecular weight is 402 g/mol. The third-order valence-corrected chi connectivity index (χ3v) is 7.13. The van der Waals surface area contributed by atoms with Gasteiger partial charge in [0, 0.05) is 36.8 Å². The van der Waals surface area contributed by atoms with E-state index < -0.39 is 0 Å². The van der Waals surface area contributed by atoms with Crippen molar-refractivity contribution < 1.29 is 4.79 Å². The van der Waals surface area contributed by atoms with Gasteiger partial charge in [0.25, 0.3) is 5.91 Å². The Morgan fingerprint density at radius 1 is 1.39 bits per heavy atom. The van der Waals surface area contributed by atoms with Gasteiger partial charge in [-0.25, -0.2) is 4.98 Å². The van der Waals surface area contributed by atoms with E-state index in [1.165, 1.54) is 23.4 Å². The van der Waals surface area contributed by atoms with E-state index in [9.17, 15) is 4.79 Å². The van der Waals surface area contributed by atoms with Crippen LogP contribution in [0, 0.1) is 5.92 Å². The normalized spacial score (nSPS) is 20.5. The van der Waals surface area contributed by atoms with Crippen molar-refractivity contribution in [3.05, 3.63) is 34.6 Å². The number of aromatic amines is 1. The Labute approximate surface area is 171 Å². The molecule has 2 aromatic rings. The molecule has 3 N–H and O–H groups in total. The maximum atomic E-state index is 12.5. The minimum Gasteiger partial charge on any atom is -0.375 e. The first-order valence-electron chi connectivity index (χ1n) is 10.5. The molecule has 7 heteroatoms. The Morgan fingerprint density at radius 3 is 2.93 bits per heavy atom. The van der Waals surface area contributed by atoms with Crippen LogP contribution in [-0.4, -0.2) is 57.9 Å². The predicted molar refractivity (Wildman–Crippen MR) is 114 cm³/mol. The number of hydrogen-bond acceptors (Lipinski definition) is 5. The summed E-state index contributed by atoms with van der Waals surface area (Å²) in [5, 5.41) is 0.715. The van der Waals surface area contributed by atoms with Crippen LogP contribution in [0.2, 0.25) is 0 Å². The molecule has 2 aliphatic rings. The van der Waals surface area contributed by atoms with Gasteiger partial charge in [0.05, 0.1) is 5.69 Å². The maximum Gasteiger partial charge on any atom is 0.270 e. The van der Waals surface area contributed by atoms with Crippen LogP contribution in [0.4, 0.5) is 5.13 Å². The van der Waals surface area contributed by atoms with Crippen LogP contribution in [0.3, 0.4) is 0 Å². The molecule has 0 radical (unpaired) electrons. The number of rotatable bonds is 6. The fourth-order valence-electron chi connectivity index (χ4n) is 4.68. The number of thiazole rings is 1. The van der Waals surface area contributed by atoms with Crippen molar-refractivity contribution in [1.82, 2.24) is 19.8 Å². The number of fused-ring (bicyclic) bond motifs is 1. The van der Waals surface area contributed by atoms with E-state index in [2.05, 4.69) is 21.8 Å². The summed E-state index contributed by atoms with van der Waals surface area (Å²) in [6.45, 7) is 6.29. The molecule has 1 fully saturated rings. The van der Waals surface area contributed by atoms with Gasteiger partial charge in [0.15, 0.2) is 5.13 Å². The Morgan fingerprint density at radius 2 is 2.21 bits per heavy atom. The highest BCUT2D eigenvalue weighted by molar-refractivity contribution is 7.15. The molecule has 0 spiro atoms. The van der Waals surface area contributed by atoms with Crippen molar-refractivity contribution in [3.8, 4) is 0 Å². The van der Waals surface area contributed by atoms with Gasteiger partial charge >= 0.3 is 0 Å². The quantitative estimate of drug-likeness (QED) is 0.779. The molecule has 0 saturated carbocycles. The molecule has 6 nitrogen and oxygen atoms in total. The third-order valence-electron chi connectivity index (χ3n) is 6.18. The lowest BCUT2D eigenvalue weighted by Gasteiger charge is -2.39. The van der Waals surface area contributed by atoms with Crippen molar-refractivity contribution in [2.24, 2.45) is 5.92 Å². The molecule has 4 rings (SSSR count). The third kappa shape index (κ3) is 4.25. The van der Waals surface area contributed by atoms with Crippen LogP contribution in [0.5, 0.6) is 0 Å². The topological polar surface area (TPSA) is 78.2 Å². The van der Waals surface area contributed by atoms with E-state index in [-0.39, 0.29) is 5.91 Å². The molecule has 1 atom stereocenters. The molecule has 2 aromatic heterocycles.